The molecular formula is C29H26N2O3S2. The summed E-state index contributed by atoms with van der Waals surface area (Å²) in [4.78, 5) is 12.2. The average molecular weight is 515 g/mol. The molecule has 1 saturated heterocycles. The topological polar surface area (TPSA) is 59.9 Å². The highest BCUT2D eigenvalue weighted by Gasteiger charge is 2.18. The number of amides is 1. The number of fused-ring (bicyclic) bond motifs is 1. The first-order valence-corrected chi connectivity index (χ1v) is 13.8. The minimum Gasteiger partial charge on any atom is -0.488 e. The monoisotopic (exact) mass is 514 g/mol. The van der Waals surface area contributed by atoms with Gasteiger partial charge in [0.1, 0.15) is 18.1 Å². The van der Waals surface area contributed by atoms with Crippen molar-refractivity contribution in [3.05, 3.63) is 108 Å². The summed E-state index contributed by atoms with van der Waals surface area (Å²) in [6.07, 6.45) is 1.59. The van der Waals surface area contributed by atoms with E-state index in [-0.39, 0.29) is 12.5 Å². The van der Waals surface area contributed by atoms with Crippen molar-refractivity contribution in [3.63, 3.8) is 0 Å². The SMILES string of the molecule is O=C(COc1ccc(C2SCCS2)cc1)N/N=C\c1ccccc1OCc1cccc2ccccc12. The number of benzene rings is 4. The lowest BCUT2D eigenvalue weighted by Gasteiger charge is -2.11. The number of hydrogen-bond donors (Lipinski definition) is 1. The zero-order valence-corrected chi connectivity index (χ0v) is 21.3. The number of carbonyl (C=O) groups is 1. The van der Waals surface area contributed by atoms with Gasteiger partial charge in [0, 0.05) is 17.1 Å². The molecule has 7 heteroatoms. The zero-order chi connectivity index (χ0) is 24.6. The van der Waals surface area contributed by atoms with E-state index in [1.165, 1.54) is 27.8 Å². The second-order valence-corrected chi connectivity index (χ2v) is 10.9. The van der Waals surface area contributed by atoms with Gasteiger partial charge in [0.2, 0.25) is 0 Å². The maximum atomic E-state index is 12.2. The van der Waals surface area contributed by atoms with Crippen molar-refractivity contribution >= 4 is 46.4 Å². The Hall–Kier alpha value is -3.42. The number of rotatable bonds is 9. The van der Waals surface area contributed by atoms with E-state index in [0.717, 1.165) is 11.1 Å². The molecule has 0 radical (unpaired) electrons. The molecule has 0 unspecified atom stereocenters. The molecule has 1 amide bonds. The molecule has 1 fully saturated rings. The summed E-state index contributed by atoms with van der Waals surface area (Å²) in [6.45, 7) is 0.326. The summed E-state index contributed by atoms with van der Waals surface area (Å²) in [5.74, 6) is 3.41. The Kier molecular flexibility index (Phi) is 8.10. The molecule has 0 aliphatic carbocycles. The van der Waals surface area contributed by atoms with Crippen LogP contribution in [0.15, 0.2) is 96.1 Å². The summed E-state index contributed by atoms with van der Waals surface area (Å²) < 4.78 is 12.2. The van der Waals surface area contributed by atoms with Crippen LogP contribution in [0, 0.1) is 0 Å². The number of para-hydroxylation sites is 1. The Morgan fingerprint density at radius 3 is 2.50 bits per heavy atom. The Balaban J connectivity index is 1.13. The van der Waals surface area contributed by atoms with Crippen LogP contribution in [0.1, 0.15) is 21.3 Å². The highest BCUT2D eigenvalue weighted by molar-refractivity contribution is 8.19. The van der Waals surface area contributed by atoms with Gasteiger partial charge in [0.15, 0.2) is 6.61 Å². The molecule has 0 aromatic heterocycles. The lowest BCUT2D eigenvalue weighted by atomic mass is 10.1. The van der Waals surface area contributed by atoms with E-state index in [1.807, 2.05) is 78.1 Å². The van der Waals surface area contributed by atoms with Gasteiger partial charge in [-0.3, -0.25) is 4.79 Å². The predicted octanol–water partition coefficient (Wildman–Crippen LogP) is 6.43. The zero-order valence-electron chi connectivity index (χ0n) is 19.6. The summed E-state index contributed by atoms with van der Waals surface area (Å²) in [7, 11) is 0. The molecule has 0 bridgehead atoms. The summed E-state index contributed by atoms with van der Waals surface area (Å²) in [5.41, 5.74) is 5.69. The Morgan fingerprint density at radius 2 is 1.64 bits per heavy atom. The number of hydrogen-bond acceptors (Lipinski definition) is 6. The number of thioether (sulfide) groups is 2. The van der Waals surface area contributed by atoms with Crippen LogP contribution in [-0.2, 0) is 11.4 Å². The van der Waals surface area contributed by atoms with Gasteiger partial charge in [-0.15, -0.1) is 23.5 Å². The van der Waals surface area contributed by atoms with E-state index in [1.54, 1.807) is 6.21 Å². The van der Waals surface area contributed by atoms with Crippen LogP contribution in [0.4, 0.5) is 0 Å². The number of hydrazone groups is 1. The Labute approximate surface area is 219 Å². The van der Waals surface area contributed by atoms with Gasteiger partial charge in [0.25, 0.3) is 5.91 Å². The van der Waals surface area contributed by atoms with Gasteiger partial charge in [-0.05, 0) is 46.2 Å². The molecule has 0 saturated carbocycles. The molecule has 4 aromatic carbocycles. The lowest BCUT2D eigenvalue weighted by Crippen LogP contribution is -2.24. The van der Waals surface area contributed by atoms with E-state index in [9.17, 15) is 4.79 Å². The fourth-order valence-corrected chi connectivity index (χ4v) is 6.78. The number of ether oxygens (including phenoxy) is 2. The van der Waals surface area contributed by atoms with Crippen molar-refractivity contribution in [2.45, 2.75) is 11.2 Å². The van der Waals surface area contributed by atoms with Crippen molar-refractivity contribution < 1.29 is 14.3 Å². The van der Waals surface area contributed by atoms with Crippen molar-refractivity contribution in [2.24, 2.45) is 5.10 Å². The van der Waals surface area contributed by atoms with Gasteiger partial charge in [-0.25, -0.2) is 5.43 Å². The molecule has 4 aromatic rings. The highest BCUT2D eigenvalue weighted by atomic mass is 32.2. The molecule has 1 N–H and O–H groups in total. The van der Waals surface area contributed by atoms with Gasteiger partial charge in [-0.2, -0.15) is 5.10 Å². The number of nitrogens with zero attached hydrogens (tertiary/aromatic N) is 1. The standard InChI is InChI=1S/C29H26N2O3S2/c32-28(20-33-25-14-12-22(13-15-25)29-35-16-17-36-29)31-30-18-23-7-2-4-11-27(23)34-19-24-9-5-8-21-6-1-3-10-26(21)24/h1-15,18,29H,16-17,19-20H2,(H,31,32)/b30-18-. The van der Waals surface area contributed by atoms with Crippen molar-refractivity contribution in [3.8, 4) is 11.5 Å². The van der Waals surface area contributed by atoms with Crippen LogP contribution < -0.4 is 14.9 Å². The maximum absolute atomic E-state index is 12.2. The van der Waals surface area contributed by atoms with Crippen LogP contribution in [0.2, 0.25) is 0 Å². The molecule has 1 aliphatic rings. The third kappa shape index (κ3) is 6.22. The smallest absolute Gasteiger partial charge is 0.277 e. The van der Waals surface area contributed by atoms with Crippen LogP contribution in [0.25, 0.3) is 10.8 Å². The minimum atomic E-state index is -0.327. The average Bonchev–Trinajstić information content (AvgIpc) is 3.47. The second kappa shape index (κ2) is 12.0. The Bertz CT molecular complexity index is 1350. The molecule has 0 atom stereocenters. The van der Waals surface area contributed by atoms with Gasteiger partial charge >= 0.3 is 0 Å². The van der Waals surface area contributed by atoms with Crippen LogP contribution in [-0.4, -0.2) is 30.2 Å². The van der Waals surface area contributed by atoms with Gasteiger partial charge < -0.3 is 9.47 Å². The van der Waals surface area contributed by atoms with Crippen LogP contribution >= 0.6 is 23.5 Å². The first kappa shape index (κ1) is 24.3. The normalized spacial score (nSPS) is 13.8. The van der Waals surface area contributed by atoms with E-state index in [4.69, 9.17) is 9.47 Å². The maximum Gasteiger partial charge on any atom is 0.277 e. The predicted molar refractivity (Wildman–Crippen MR) is 150 cm³/mol. The molecule has 0 spiro atoms. The van der Waals surface area contributed by atoms with Gasteiger partial charge in [0.05, 0.1) is 10.8 Å². The lowest BCUT2D eigenvalue weighted by molar-refractivity contribution is -0.123. The van der Waals surface area contributed by atoms with E-state index >= 15 is 0 Å². The first-order chi connectivity index (χ1) is 17.8. The summed E-state index contributed by atoms with van der Waals surface area (Å²) >= 11 is 3.93. The van der Waals surface area contributed by atoms with Crippen molar-refractivity contribution in [1.29, 1.82) is 0 Å². The molecule has 5 rings (SSSR count). The van der Waals surface area contributed by atoms with Crippen LogP contribution in [0.3, 0.4) is 0 Å². The van der Waals surface area contributed by atoms with E-state index in [0.29, 0.717) is 22.7 Å². The van der Waals surface area contributed by atoms with Crippen molar-refractivity contribution in [2.75, 3.05) is 18.1 Å². The quantitative estimate of drug-likeness (QED) is 0.206. The summed E-state index contributed by atoms with van der Waals surface area (Å²) in [6, 6.07) is 30.0. The van der Waals surface area contributed by atoms with Crippen molar-refractivity contribution in [1.82, 2.24) is 5.43 Å². The fourth-order valence-electron chi connectivity index (χ4n) is 3.92. The Morgan fingerprint density at radius 1 is 0.889 bits per heavy atom. The molecule has 36 heavy (non-hydrogen) atoms. The fraction of sp³-hybridized carbons (Fsp3) is 0.172. The molecule has 1 aliphatic heterocycles. The molecule has 5 nitrogen and oxygen atoms in total. The van der Waals surface area contributed by atoms with Crippen LogP contribution in [0.5, 0.6) is 11.5 Å². The van der Waals surface area contributed by atoms with Gasteiger partial charge in [-0.1, -0.05) is 66.7 Å². The second-order valence-electron chi connectivity index (χ2n) is 8.19. The largest absolute Gasteiger partial charge is 0.488 e. The highest BCUT2D eigenvalue weighted by Crippen LogP contribution is 2.45. The molecule has 1 heterocycles. The first-order valence-electron chi connectivity index (χ1n) is 11.7. The third-order valence-corrected chi connectivity index (χ3v) is 8.82. The molecule has 182 valence electrons. The minimum absolute atomic E-state index is 0.108. The number of nitrogens with one attached hydrogen (secondary N) is 1. The summed E-state index contributed by atoms with van der Waals surface area (Å²) in [5, 5.41) is 6.45. The number of carbonyl (C=O) groups excluding carboxylic acids is 1. The van der Waals surface area contributed by atoms with E-state index < -0.39 is 0 Å². The third-order valence-electron chi connectivity index (χ3n) is 5.72. The van der Waals surface area contributed by atoms with E-state index in [2.05, 4.69) is 46.9 Å². The molecular weight excluding hydrogens is 488 g/mol.